The highest BCUT2D eigenvalue weighted by Gasteiger charge is 2.17. The van der Waals surface area contributed by atoms with Crippen molar-refractivity contribution in [1.29, 1.82) is 0 Å². The Morgan fingerprint density at radius 3 is 2.52 bits per heavy atom. The topological polar surface area (TPSA) is 61.3 Å². The third-order valence-corrected chi connectivity index (χ3v) is 4.82. The first-order valence-electron chi connectivity index (χ1n) is 7.54. The van der Waals surface area contributed by atoms with Gasteiger partial charge in [-0.1, -0.05) is 30.1 Å². The van der Waals surface area contributed by atoms with E-state index in [1.165, 1.54) is 30.4 Å². The number of rotatable bonds is 8. The molecule has 2 aromatic heterocycles. The molecule has 0 saturated heterocycles. The molecular formula is C17H18Cl2N2O3S. The zero-order chi connectivity index (χ0) is 18.4. The predicted molar refractivity (Wildman–Crippen MR) is 100 cm³/mol. The molecule has 5 nitrogen and oxygen atoms in total. The van der Waals surface area contributed by atoms with Gasteiger partial charge in [-0.05, 0) is 12.3 Å². The largest absolute Gasteiger partial charge is 0.462 e. The Kier molecular flexibility index (Phi) is 7.50. The van der Waals surface area contributed by atoms with Crippen molar-refractivity contribution in [2.45, 2.75) is 31.1 Å². The van der Waals surface area contributed by atoms with Crippen LogP contribution < -0.4 is 4.74 Å². The van der Waals surface area contributed by atoms with Crippen LogP contribution in [0, 0.1) is 0 Å². The molecule has 1 unspecified atom stereocenters. The number of aromatic nitrogens is 2. The summed E-state index contributed by atoms with van der Waals surface area (Å²) in [6.07, 6.45) is 6.67. The van der Waals surface area contributed by atoms with E-state index in [9.17, 15) is 4.79 Å². The van der Waals surface area contributed by atoms with Crippen LogP contribution in [0.5, 0.6) is 5.75 Å². The number of hydrogen-bond acceptors (Lipinski definition) is 6. The second-order valence-electron chi connectivity index (χ2n) is 5.10. The molecular weight excluding hydrogens is 383 g/mol. The van der Waals surface area contributed by atoms with Crippen LogP contribution in [-0.4, -0.2) is 35.4 Å². The maximum absolute atomic E-state index is 12.6. The lowest BCUT2D eigenvalue weighted by molar-refractivity contribution is -0.0567. The number of hydrogen-bond donors (Lipinski definition) is 0. The number of nitrogens with zero attached hydrogens (tertiary/aromatic N) is 2. The summed E-state index contributed by atoms with van der Waals surface area (Å²) in [6.45, 7) is 1.95. The Hall–Kier alpha value is -1.34. The van der Waals surface area contributed by atoms with Gasteiger partial charge in [0.05, 0.1) is 10.0 Å². The molecule has 0 saturated carbocycles. The van der Waals surface area contributed by atoms with Crippen molar-refractivity contribution in [1.82, 2.24) is 9.97 Å². The number of Topliss-reactive ketones (excluding diaryl/α,β-unsaturated/α-hetero) is 1. The highest BCUT2D eigenvalue weighted by atomic mass is 35.5. The van der Waals surface area contributed by atoms with Crippen molar-refractivity contribution in [2.75, 3.05) is 13.4 Å². The molecule has 0 aromatic carbocycles. The molecule has 2 heterocycles. The molecule has 0 fully saturated rings. The molecule has 0 radical (unpaired) electrons. The van der Waals surface area contributed by atoms with Gasteiger partial charge in [0.25, 0.3) is 0 Å². The van der Waals surface area contributed by atoms with Gasteiger partial charge in [0.1, 0.15) is 5.03 Å². The summed E-state index contributed by atoms with van der Waals surface area (Å²) in [7, 11) is 1.57. The Balaban J connectivity index is 2.28. The van der Waals surface area contributed by atoms with Gasteiger partial charge in [0, 0.05) is 49.7 Å². The Morgan fingerprint density at radius 1 is 1.28 bits per heavy atom. The number of ether oxygens (including phenoxy) is 2. The van der Waals surface area contributed by atoms with Crippen molar-refractivity contribution in [3.05, 3.63) is 45.8 Å². The average molecular weight is 401 g/mol. The lowest BCUT2D eigenvalue weighted by Gasteiger charge is -2.17. The van der Waals surface area contributed by atoms with Gasteiger partial charge in [0.2, 0.25) is 0 Å². The highest BCUT2D eigenvalue weighted by molar-refractivity contribution is 7.98. The molecule has 2 aromatic rings. The maximum Gasteiger partial charge on any atom is 0.199 e. The van der Waals surface area contributed by atoms with Crippen molar-refractivity contribution in [3.63, 3.8) is 0 Å². The maximum atomic E-state index is 12.6. The van der Waals surface area contributed by atoms with Crippen molar-refractivity contribution in [3.8, 4) is 5.75 Å². The fourth-order valence-corrected chi connectivity index (χ4v) is 3.10. The molecule has 134 valence electrons. The standard InChI is InChI=1S/C17H18Cl2N2O3S/c1-4-16(23-2)24-15-5-10(7-21-17(15)25-3)14(22)6-11-12(18)8-20-9-13(11)19/h5,7-9,16H,4,6H2,1-3H3. The van der Waals surface area contributed by atoms with Crippen molar-refractivity contribution >= 4 is 40.7 Å². The number of methoxy groups -OCH3 is 1. The molecule has 0 aliphatic rings. The highest BCUT2D eigenvalue weighted by Crippen LogP contribution is 2.29. The van der Waals surface area contributed by atoms with E-state index >= 15 is 0 Å². The molecule has 25 heavy (non-hydrogen) atoms. The van der Waals surface area contributed by atoms with Crippen LogP contribution in [0.3, 0.4) is 0 Å². The van der Waals surface area contributed by atoms with Gasteiger partial charge in [-0.25, -0.2) is 4.98 Å². The second kappa shape index (κ2) is 9.38. The van der Waals surface area contributed by atoms with E-state index < -0.39 is 6.29 Å². The lowest BCUT2D eigenvalue weighted by Crippen LogP contribution is -2.18. The van der Waals surface area contributed by atoms with Gasteiger partial charge in [-0.15, -0.1) is 11.8 Å². The monoisotopic (exact) mass is 400 g/mol. The molecule has 0 aliphatic heterocycles. The normalized spacial score (nSPS) is 12.0. The zero-order valence-corrected chi connectivity index (χ0v) is 16.4. The van der Waals surface area contributed by atoms with Crippen LogP contribution >= 0.6 is 35.0 Å². The van der Waals surface area contributed by atoms with Crippen LogP contribution in [-0.2, 0) is 11.2 Å². The van der Waals surface area contributed by atoms with Gasteiger partial charge in [0.15, 0.2) is 17.8 Å². The minimum absolute atomic E-state index is 0.0569. The number of carbonyl (C=O) groups excluding carboxylic acids is 1. The first-order valence-corrected chi connectivity index (χ1v) is 9.52. The minimum atomic E-state index is -0.401. The average Bonchev–Trinajstić information content (AvgIpc) is 2.62. The van der Waals surface area contributed by atoms with Gasteiger partial charge in [-0.3, -0.25) is 9.78 Å². The molecule has 1 atom stereocenters. The molecule has 2 rings (SSSR count). The van der Waals surface area contributed by atoms with E-state index in [4.69, 9.17) is 32.7 Å². The summed E-state index contributed by atoms with van der Waals surface area (Å²) >= 11 is 13.6. The SMILES string of the molecule is CCC(OC)Oc1cc(C(=O)Cc2c(Cl)cncc2Cl)cnc1SC. The van der Waals surface area contributed by atoms with Gasteiger partial charge in [-0.2, -0.15) is 0 Å². The summed E-state index contributed by atoms with van der Waals surface area (Å²) in [5.41, 5.74) is 0.964. The molecule has 0 spiro atoms. The lowest BCUT2D eigenvalue weighted by atomic mass is 10.1. The van der Waals surface area contributed by atoms with Crippen LogP contribution in [0.1, 0.15) is 29.3 Å². The number of ketones is 1. The molecule has 0 amide bonds. The third kappa shape index (κ3) is 5.07. The summed E-state index contributed by atoms with van der Waals surface area (Å²) in [5, 5.41) is 1.40. The molecule has 0 aliphatic carbocycles. The Labute approximate surface area is 161 Å². The summed E-state index contributed by atoms with van der Waals surface area (Å²) in [6, 6.07) is 1.67. The predicted octanol–water partition coefficient (Wildman–Crippen LogP) is 4.69. The van der Waals surface area contributed by atoms with E-state index in [1.807, 2.05) is 13.2 Å². The Morgan fingerprint density at radius 2 is 1.96 bits per heavy atom. The first kappa shape index (κ1) is 20.0. The smallest absolute Gasteiger partial charge is 0.199 e. The van der Waals surface area contributed by atoms with Crippen LogP contribution in [0.25, 0.3) is 0 Å². The third-order valence-electron chi connectivity index (χ3n) is 3.48. The molecule has 0 bridgehead atoms. The number of halogens is 2. The van der Waals surface area contributed by atoms with Crippen LogP contribution in [0.4, 0.5) is 0 Å². The summed E-state index contributed by atoms with van der Waals surface area (Å²) < 4.78 is 11.0. The van der Waals surface area contributed by atoms with Gasteiger partial charge < -0.3 is 9.47 Å². The Bertz CT molecular complexity index is 734. The fourth-order valence-electron chi connectivity index (χ4n) is 2.13. The van der Waals surface area contributed by atoms with Crippen LogP contribution in [0.15, 0.2) is 29.7 Å². The second-order valence-corrected chi connectivity index (χ2v) is 6.71. The fraction of sp³-hybridized carbons (Fsp3) is 0.353. The van der Waals surface area contributed by atoms with E-state index in [-0.39, 0.29) is 12.2 Å². The minimum Gasteiger partial charge on any atom is -0.462 e. The summed E-state index contributed by atoms with van der Waals surface area (Å²) in [4.78, 5) is 20.8. The quantitative estimate of drug-likeness (QED) is 0.363. The van der Waals surface area contributed by atoms with E-state index in [1.54, 1.807) is 13.2 Å². The summed E-state index contributed by atoms with van der Waals surface area (Å²) in [5.74, 6) is 0.351. The number of thioether (sulfide) groups is 1. The molecule has 0 N–H and O–H groups in total. The number of pyridine rings is 2. The van der Waals surface area contributed by atoms with E-state index in [2.05, 4.69) is 9.97 Å². The molecule has 8 heteroatoms. The van der Waals surface area contributed by atoms with Crippen molar-refractivity contribution < 1.29 is 14.3 Å². The van der Waals surface area contributed by atoms with E-state index in [0.717, 1.165) is 0 Å². The van der Waals surface area contributed by atoms with Crippen LogP contribution in [0.2, 0.25) is 10.0 Å². The number of carbonyl (C=O) groups is 1. The van der Waals surface area contributed by atoms with E-state index in [0.29, 0.717) is 38.4 Å². The van der Waals surface area contributed by atoms with Crippen molar-refractivity contribution in [2.24, 2.45) is 0 Å². The first-order chi connectivity index (χ1) is 12.0. The van der Waals surface area contributed by atoms with Gasteiger partial charge >= 0.3 is 0 Å². The zero-order valence-electron chi connectivity index (χ0n) is 14.1.